The molecular weight excluding hydrogens is 254 g/mol. The van der Waals surface area contributed by atoms with Gasteiger partial charge >= 0.3 is 0 Å². The lowest BCUT2D eigenvalue weighted by molar-refractivity contribution is -0.485. The molecule has 0 aromatic heterocycles. The monoisotopic (exact) mass is 279 g/mol. The van der Waals surface area contributed by atoms with Gasteiger partial charge in [0.1, 0.15) is 5.60 Å². The normalized spacial score (nSPS) is 25.8. The third kappa shape index (κ3) is 3.14. The Bertz CT molecular complexity index is 451. The van der Waals surface area contributed by atoms with Crippen LogP contribution in [-0.4, -0.2) is 18.1 Å². The average molecular weight is 279 g/mol. The summed E-state index contributed by atoms with van der Waals surface area (Å²) in [6, 6.07) is 6.23. The van der Waals surface area contributed by atoms with Crippen molar-refractivity contribution in [2.45, 2.75) is 59.7 Å². The molecule has 2 rings (SSSR count). The third-order valence-electron chi connectivity index (χ3n) is 3.56. The fraction of sp³-hybridized carbons (Fsp3) is 0.625. The van der Waals surface area contributed by atoms with Crippen molar-refractivity contribution in [3.8, 4) is 0 Å². The van der Waals surface area contributed by atoms with E-state index in [1.54, 1.807) is 0 Å². The summed E-state index contributed by atoms with van der Waals surface area (Å²) in [4.78, 5) is 10.8. The van der Waals surface area contributed by atoms with Crippen molar-refractivity contribution in [3.05, 3.63) is 29.3 Å². The summed E-state index contributed by atoms with van der Waals surface area (Å²) in [5, 5.41) is 3.47. The molecule has 0 bridgehead atoms. The Hall–Kier alpha value is -1.10. The lowest BCUT2D eigenvalue weighted by atomic mass is 10.0. The van der Waals surface area contributed by atoms with Crippen LogP contribution in [0.3, 0.4) is 0 Å². The van der Waals surface area contributed by atoms with Gasteiger partial charge in [-0.15, -0.1) is 0 Å². The van der Waals surface area contributed by atoms with Gasteiger partial charge in [-0.3, -0.25) is 0 Å². The lowest BCUT2D eigenvalue weighted by Gasteiger charge is -2.42. The van der Waals surface area contributed by atoms with E-state index < -0.39 is 5.60 Å². The quantitative estimate of drug-likeness (QED) is 0.855. The summed E-state index contributed by atoms with van der Waals surface area (Å²) >= 11 is 0. The molecule has 1 aromatic rings. The second-order valence-corrected chi connectivity index (χ2v) is 6.32. The molecule has 0 saturated carbocycles. The zero-order valence-electron chi connectivity index (χ0n) is 13.2. The fourth-order valence-corrected chi connectivity index (χ4v) is 2.19. The molecule has 1 N–H and O–H groups in total. The molecule has 0 spiro atoms. The highest BCUT2D eigenvalue weighted by molar-refractivity contribution is 5.57. The van der Waals surface area contributed by atoms with Gasteiger partial charge < -0.3 is 10.1 Å². The van der Waals surface area contributed by atoms with Gasteiger partial charge in [-0.05, 0) is 38.8 Å². The smallest absolute Gasteiger partial charge is 0.196 e. The second kappa shape index (κ2) is 5.72. The molecule has 112 valence electrons. The van der Waals surface area contributed by atoms with Crippen LogP contribution in [0.5, 0.6) is 0 Å². The van der Waals surface area contributed by atoms with Crippen LogP contribution >= 0.6 is 0 Å². The van der Waals surface area contributed by atoms with Gasteiger partial charge in [0, 0.05) is 11.6 Å². The molecule has 0 radical (unpaired) electrons. The zero-order valence-corrected chi connectivity index (χ0v) is 13.2. The lowest BCUT2D eigenvalue weighted by Crippen LogP contribution is -2.54. The number of hydrogen-bond acceptors (Lipinski definition) is 4. The van der Waals surface area contributed by atoms with Crippen molar-refractivity contribution in [2.24, 2.45) is 5.92 Å². The second-order valence-electron chi connectivity index (χ2n) is 6.32. The Morgan fingerprint density at radius 1 is 1.15 bits per heavy atom. The van der Waals surface area contributed by atoms with E-state index >= 15 is 0 Å². The van der Waals surface area contributed by atoms with Crippen LogP contribution in [0.25, 0.3) is 0 Å². The third-order valence-corrected chi connectivity index (χ3v) is 3.56. The SMILES string of the molecule is Cc1cccc(C)c1NC1OC(C(C)C)OOC1(C)C. The van der Waals surface area contributed by atoms with Crippen LogP contribution in [0.2, 0.25) is 0 Å². The Morgan fingerprint density at radius 3 is 2.30 bits per heavy atom. The number of nitrogens with one attached hydrogen (secondary N) is 1. The van der Waals surface area contributed by atoms with Gasteiger partial charge in [-0.1, -0.05) is 32.0 Å². The highest BCUT2D eigenvalue weighted by Gasteiger charge is 2.41. The van der Waals surface area contributed by atoms with E-state index in [1.165, 1.54) is 11.1 Å². The maximum Gasteiger partial charge on any atom is 0.196 e. The zero-order chi connectivity index (χ0) is 14.9. The van der Waals surface area contributed by atoms with E-state index in [4.69, 9.17) is 14.5 Å². The first-order valence-electron chi connectivity index (χ1n) is 7.14. The van der Waals surface area contributed by atoms with Crippen LogP contribution < -0.4 is 5.32 Å². The fourth-order valence-electron chi connectivity index (χ4n) is 2.19. The van der Waals surface area contributed by atoms with E-state index in [-0.39, 0.29) is 18.4 Å². The Morgan fingerprint density at radius 2 is 1.75 bits per heavy atom. The molecule has 4 nitrogen and oxygen atoms in total. The number of aryl methyl sites for hydroxylation is 2. The molecule has 1 aliphatic rings. The molecule has 2 atom stereocenters. The summed E-state index contributed by atoms with van der Waals surface area (Å²) < 4.78 is 6.02. The first kappa shape index (κ1) is 15.3. The van der Waals surface area contributed by atoms with Crippen molar-refractivity contribution in [2.75, 3.05) is 5.32 Å². The first-order valence-corrected chi connectivity index (χ1v) is 7.14. The molecule has 0 amide bonds. The summed E-state index contributed by atoms with van der Waals surface area (Å²) in [5.74, 6) is 0.230. The highest BCUT2D eigenvalue weighted by atomic mass is 17.2. The summed E-state index contributed by atoms with van der Waals surface area (Å²) in [6.07, 6.45) is -0.617. The molecule has 2 unspecified atom stereocenters. The van der Waals surface area contributed by atoms with Gasteiger partial charge in [0.05, 0.1) is 0 Å². The van der Waals surface area contributed by atoms with Gasteiger partial charge in [-0.25, -0.2) is 9.78 Å². The Balaban J connectivity index is 2.20. The first-order chi connectivity index (χ1) is 9.31. The Kier molecular flexibility index (Phi) is 4.37. The predicted octanol–water partition coefficient (Wildman–Crippen LogP) is 3.78. The Labute approximate surface area is 121 Å². The molecule has 1 aromatic carbocycles. The van der Waals surface area contributed by atoms with Gasteiger partial charge in [0.2, 0.25) is 0 Å². The van der Waals surface area contributed by atoms with Crippen molar-refractivity contribution < 1.29 is 14.5 Å². The largest absolute Gasteiger partial charge is 0.357 e. The standard InChI is InChI=1S/C16H25NO3/c1-10(2)14-18-15(16(5,6)20-19-14)17-13-11(3)8-7-9-12(13)4/h7-10,14-15,17H,1-6H3. The summed E-state index contributed by atoms with van der Waals surface area (Å²) in [6.45, 7) is 12.2. The molecule has 0 aliphatic carbocycles. The summed E-state index contributed by atoms with van der Waals surface area (Å²) in [5.41, 5.74) is 2.92. The maximum atomic E-state index is 6.02. The molecule has 20 heavy (non-hydrogen) atoms. The van der Waals surface area contributed by atoms with E-state index in [9.17, 15) is 0 Å². The molecule has 1 saturated heterocycles. The highest BCUT2D eigenvalue weighted by Crippen LogP contribution is 2.31. The van der Waals surface area contributed by atoms with Crippen molar-refractivity contribution in [1.82, 2.24) is 0 Å². The van der Waals surface area contributed by atoms with Crippen LogP contribution in [0.1, 0.15) is 38.8 Å². The topological polar surface area (TPSA) is 39.7 Å². The van der Waals surface area contributed by atoms with Gasteiger partial charge in [0.25, 0.3) is 0 Å². The van der Waals surface area contributed by atoms with E-state index in [0.29, 0.717) is 0 Å². The van der Waals surface area contributed by atoms with Crippen LogP contribution in [0.4, 0.5) is 5.69 Å². The predicted molar refractivity (Wildman–Crippen MR) is 79.3 cm³/mol. The number of anilines is 1. The van der Waals surface area contributed by atoms with Crippen molar-refractivity contribution in [3.63, 3.8) is 0 Å². The number of para-hydroxylation sites is 1. The average Bonchev–Trinajstić information content (AvgIpc) is 2.35. The van der Waals surface area contributed by atoms with Crippen molar-refractivity contribution >= 4 is 5.69 Å². The molecule has 1 heterocycles. The van der Waals surface area contributed by atoms with Crippen molar-refractivity contribution in [1.29, 1.82) is 0 Å². The number of benzene rings is 1. The number of hydrogen-bond donors (Lipinski definition) is 1. The molecule has 1 fully saturated rings. The van der Waals surface area contributed by atoms with Gasteiger partial charge in [-0.2, -0.15) is 0 Å². The number of ether oxygens (including phenoxy) is 1. The molecule has 1 aliphatic heterocycles. The van der Waals surface area contributed by atoms with Crippen LogP contribution in [0, 0.1) is 19.8 Å². The van der Waals surface area contributed by atoms with E-state index in [1.807, 2.05) is 27.7 Å². The maximum absolute atomic E-state index is 6.02. The number of rotatable bonds is 3. The van der Waals surface area contributed by atoms with E-state index in [2.05, 4.69) is 37.4 Å². The van der Waals surface area contributed by atoms with Crippen LogP contribution in [0.15, 0.2) is 18.2 Å². The van der Waals surface area contributed by atoms with Gasteiger partial charge in [0.15, 0.2) is 12.5 Å². The minimum atomic E-state index is -0.555. The minimum absolute atomic E-state index is 0.230. The molecule has 4 heteroatoms. The molecular formula is C16H25NO3. The minimum Gasteiger partial charge on any atom is -0.357 e. The summed E-state index contributed by atoms with van der Waals surface area (Å²) in [7, 11) is 0. The van der Waals surface area contributed by atoms with Crippen LogP contribution in [-0.2, 0) is 14.5 Å². The van der Waals surface area contributed by atoms with E-state index in [0.717, 1.165) is 5.69 Å².